The molecule has 0 aromatic carbocycles. The molecule has 0 fully saturated rings. The normalized spacial score (nSPS) is 10.6. The van der Waals surface area contributed by atoms with Crippen LogP contribution >= 0.6 is 7.82 Å². The highest BCUT2D eigenvalue weighted by atomic mass is 31.2. The second kappa shape index (κ2) is 2.83. The van der Waals surface area contributed by atoms with Crippen LogP contribution in [-0.4, -0.2) is 20.9 Å². The number of aliphatic carboxylic acids is 1. The van der Waals surface area contributed by atoms with Gasteiger partial charge in [-0.05, 0) is 6.58 Å². The highest BCUT2D eigenvalue weighted by Crippen LogP contribution is 2.38. The second-order valence-electron chi connectivity index (χ2n) is 1.31. The van der Waals surface area contributed by atoms with Gasteiger partial charge >= 0.3 is 13.8 Å². The summed E-state index contributed by atoms with van der Waals surface area (Å²) in [4.78, 5) is 25.8. The first-order valence-electron chi connectivity index (χ1n) is 2.00. The molecular formula is C3H5O6P. The van der Waals surface area contributed by atoms with Crippen LogP contribution in [0.5, 0.6) is 0 Å². The van der Waals surface area contributed by atoms with Crippen LogP contribution in [0.2, 0.25) is 0 Å². The van der Waals surface area contributed by atoms with Gasteiger partial charge in [-0.1, -0.05) is 0 Å². The van der Waals surface area contributed by atoms with E-state index in [4.69, 9.17) is 14.9 Å². The third-order valence-electron chi connectivity index (χ3n) is 0.468. The highest BCUT2D eigenvalue weighted by molar-refractivity contribution is 7.46. The Bertz CT molecular complexity index is 201. The number of phosphoric ester groups is 1. The van der Waals surface area contributed by atoms with Crippen molar-refractivity contribution in [3.05, 3.63) is 12.3 Å². The Labute approximate surface area is 56.0 Å². The summed E-state index contributed by atoms with van der Waals surface area (Å²) in [7, 11) is -4.76. The smallest absolute Gasteiger partial charge is 0.475 e. The van der Waals surface area contributed by atoms with E-state index in [1.807, 2.05) is 0 Å². The number of phosphoric acid groups is 1. The number of carbonyl (C=O) groups is 1. The van der Waals surface area contributed by atoms with Crippen molar-refractivity contribution in [1.29, 1.82) is 0 Å². The predicted octanol–water partition coefficient (Wildman–Crippen LogP) is -0.306. The molecule has 0 aliphatic rings. The van der Waals surface area contributed by atoms with Gasteiger partial charge in [-0.3, -0.25) is 9.79 Å². The van der Waals surface area contributed by atoms with E-state index in [0.717, 1.165) is 0 Å². The largest absolute Gasteiger partial charge is 0.525 e. The van der Waals surface area contributed by atoms with E-state index in [1.165, 1.54) is 0 Å². The highest BCUT2D eigenvalue weighted by Gasteiger charge is 2.19. The molecule has 0 radical (unpaired) electrons. The van der Waals surface area contributed by atoms with Crippen molar-refractivity contribution in [2.75, 3.05) is 0 Å². The van der Waals surface area contributed by atoms with Crippen LogP contribution in [-0.2, 0) is 13.9 Å². The van der Waals surface area contributed by atoms with Gasteiger partial charge in [0.2, 0.25) is 5.76 Å². The molecule has 0 aromatic rings. The van der Waals surface area contributed by atoms with Gasteiger partial charge < -0.3 is 9.63 Å². The molecule has 3 N–H and O–H groups in total. The van der Waals surface area contributed by atoms with Crippen LogP contribution in [0.4, 0.5) is 0 Å². The Kier molecular flexibility index (Phi) is 2.59. The van der Waals surface area contributed by atoms with Gasteiger partial charge in [0, 0.05) is 0 Å². The van der Waals surface area contributed by atoms with E-state index in [-0.39, 0.29) is 0 Å². The first-order valence-corrected chi connectivity index (χ1v) is 3.53. The zero-order valence-electron chi connectivity index (χ0n) is 4.72. The van der Waals surface area contributed by atoms with Gasteiger partial charge in [-0.15, -0.1) is 0 Å². The Morgan fingerprint density at radius 3 is 2.00 bits per heavy atom. The Hall–Kier alpha value is -0.840. The SMILES string of the molecule is [13CH2]=[13C](OP(=O)(O)O)C(=O)O. The molecule has 0 bridgehead atoms. The summed E-state index contributed by atoms with van der Waals surface area (Å²) in [6.07, 6.45) is 0. The van der Waals surface area contributed by atoms with E-state index in [2.05, 4.69) is 11.1 Å². The summed E-state index contributed by atoms with van der Waals surface area (Å²) in [5.41, 5.74) is 0. The quantitative estimate of drug-likeness (QED) is 0.232. The molecule has 0 spiro atoms. The molecule has 0 aliphatic heterocycles. The minimum absolute atomic E-state index is 0.978. The average molecular weight is 170 g/mol. The van der Waals surface area contributed by atoms with Crippen molar-refractivity contribution in [3.8, 4) is 0 Å². The fourth-order valence-corrected chi connectivity index (χ4v) is 0.548. The lowest BCUT2D eigenvalue weighted by molar-refractivity contribution is -0.135. The summed E-state index contributed by atoms with van der Waals surface area (Å²) >= 11 is 0. The Morgan fingerprint density at radius 2 is 1.90 bits per heavy atom. The van der Waals surface area contributed by atoms with Crippen LogP contribution < -0.4 is 0 Å². The van der Waals surface area contributed by atoms with Crippen molar-refractivity contribution >= 4 is 13.8 Å². The third-order valence-corrected chi connectivity index (χ3v) is 0.926. The number of rotatable bonds is 3. The Balaban J connectivity index is 4.07. The first-order chi connectivity index (χ1) is 4.33. The third kappa shape index (κ3) is 4.08. The van der Waals surface area contributed by atoms with Crippen molar-refractivity contribution in [1.82, 2.24) is 0 Å². The molecule has 0 saturated carbocycles. The lowest BCUT2D eigenvalue weighted by Crippen LogP contribution is -2.01. The van der Waals surface area contributed by atoms with Gasteiger partial charge in [0.05, 0.1) is 0 Å². The minimum atomic E-state index is -4.76. The van der Waals surface area contributed by atoms with Crippen molar-refractivity contribution in [2.45, 2.75) is 0 Å². The van der Waals surface area contributed by atoms with E-state index in [9.17, 15) is 9.36 Å². The van der Waals surface area contributed by atoms with E-state index in [0.29, 0.717) is 0 Å². The van der Waals surface area contributed by atoms with Crippen LogP contribution in [0.3, 0.4) is 0 Å². The first kappa shape index (κ1) is 9.16. The van der Waals surface area contributed by atoms with Gasteiger partial charge in [-0.2, -0.15) is 0 Å². The van der Waals surface area contributed by atoms with Gasteiger partial charge in [-0.25, -0.2) is 9.36 Å². The summed E-state index contributed by atoms with van der Waals surface area (Å²) < 4.78 is 13.5. The molecular weight excluding hydrogens is 165 g/mol. The maximum Gasteiger partial charge on any atom is 0.525 e. The molecule has 0 aromatic heterocycles. The monoisotopic (exact) mass is 170 g/mol. The topological polar surface area (TPSA) is 104 Å². The van der Waals surface area contributed by atoms with Crippen LogP contribution in [0.25, 0.3) is 0 Å². The molecule has 0 amide bonds. The van der Waals surface area contributed by atoms with Crippen LogP contribution in [0.1, 0.15) is 0 Å². The van der Waals surface area contributed by atoms with E-state index >= 15 is 0 Å². The predicted molar refractivity (Wildman–Crippen MR) is 29.9 cm³/mol. The lowest BCUT2D eigenvalue weighted by Gasteiger charge is -2.03. The lowest BCUT2D eigenvalue weighted by atomic mass is 11.0. The molecule has 0 aliphatic carbocycles. The number of carboxylic acids is 1. The summed E-state index contributed by atoms with van der Waals surface area (Å²) in [6.45, 7) is 2.73. The molecule has 10 heavy (non-hydrogen) atoms. The summed E-state index contributed by atoms with van der Waals surface area (Å²) in [5.74, 6) is -2.59. The van der Waals surface area contributed by atoms with Crippen molar-refractivity contribution in [2.24, 2.45) is 0 Å². The molecule has 0 atom stereocenters. The fraction of sp³-hybridized carbons (Fsp3) is 0. The van der Waals surface area contributed by atoms with Crippen LogP contribution in [0, 0.1) is 0 Å². The zero-order valence-corrected chi connectivity index (χ0v) is 5.62. The molecule has 0 unspecified atom stereocenters. The number of hydrogen-bond acceptors (Lipinski definition) is 3. The fourth-order valence-electron chi connectivity index (χ4n) is 0.183. The molecule has 0 heterocycles. The second-order valence-corrected chi connectivity index (χ2v) is 2.47. The molecule has 0 saturated heterocycles. The maximum atomic E-state index is 9.89. The minimum Gasteiger partial charge on any atom is -0.475 e. The van der Waals surface area contributed by atoms with Gasteiger partial charge in [0.25, 0.3) is 0 Å². The van der Waals surface area contributed by atoms with E-state index in [1.54, 1.807) is 0 Å². The maximum absolute atomic E-state index is 9.89. The molecule has 6 nitrogen and oxygen atoms in total. The van der Waals surface area contributed by atoms with E-state index < -0.39 is 19.6 Å². The summed E-state index contributed by atoms with van der Waals surface area (Å²) in [5, 5.41) is 7.98. The Morgan fingerprint density at radius 1 is 1.50 bits per heavy atom. The van der Waals surface area contributed by atoms with Crippen molar-refractivity contribution < 1.29 is 28.8 Å². The summed E-state index contributed by atoms with van der Waals surface area (Å²) in [6, 6.07) is 0. The van der Waals surface area contributed by atoms with Crippen LogP contribution in [0.15, 0.2) is 12.3 Å². The number of hydrogen-bond donors (Lipinski definition) is 3. The van der Waals surface area contributed by atoms with Gasteiger partial charge in [0.15, 0.2) is 0 Å². The average Bonchev–Trinajstić information content (AvgIpc) is 1.60. The van der Waals surface area contributed by atoms with Crippen molar-refractivity contribution in [3.63, 3.8) is 0 Å². The van der Waals surface area contributed by atoms with Gasteiger partial charge in [0.1, 0.15) is 0 Å². The molecule has 58 valence electrons. The number of carboxylic acid groups (broad SMARTS) is 1. The molecule has 7 heteroatoms. The zero-order chi connectivity index (χ0) is 8.36. The molecule has 0 rings (SSSR count). The standard InChI is InChI=1S/C3H5O6P/c1-2(3(4)5)9-10(6,7)8/h1H2,(H,4,5)(H2,6,7,8)/i1+1,2+1.